The Morgan fingerprint density at radius 1 is 1.69 bits per heavy atom. The van der Waals surface area contributed by atoms with Crippen molar-refractivity contribution in [1.29, 1.82) is 0 Å². The second-order valence-electron chi connectivity index (χ2n) is 2.57. The minimum atomic E-state index is -0.502. The second kappa shape index (κ2) is 4.46. The highest BCUT2D eigenvalue weighted by Crippen LogP contribution is 2.07. The Labute approximate surface area is 75.9 Å². The van der Waals surface area contributed by atoms with E-state index in [-0.39, 0.29) is 0 Å². The summed E-state index contributed by atoms with van der Waals surface area (Å²) < 4.78 is 0. The molecule has 0 saturated heterocycles. The maximum absolute atomic E-state index is 11.0. The number of hydrogen-bond donors (Lipinski definition) is 3. The molecule has 1 aromatic heterocycles. The Balaban J connectivity index is 2.63. The summed E-state index contributed by atoms with van der Waals surface area (Å²) in [4.78, 5) is 12.4. The Bertz CT molecular complexity index is 258. The van der Waals surface area contributed by atoms with Gasteiger partial charge in [0.25, 0.3) is 0 Å². The Morgan fingerprint density at radius 2 is 2.46 bits per heavy atom. The third-order valence-electron chi connectivity index (χ3n) is 1.63. The van der Waals surface area contributed by atoms with Gasteiger partial charge in [0, 0.05) is 12.6 Å². The van der Waals surface area contributed by atoms with Gasteiger partial charge in [-0.1, -0.05) is 0 Å². The van der Waals surface area contributed by atoms with E-state index in [1.807, 2.05) is 0 Å². The van der Waals surface area contributed by atoms with Gasteiger partial charge in [-0.05, 0) is 13.0 Å². The number of carbonyl (C=O) groups excluding carboxylic acids is 1. The molecule has 6 heteroatoms. The number of carbonyl (C=O) groups is 1. The molecule has 0 aliphatic carbocycles. The molecule has 0 atom stereocenters. The van der Waals surface area contributed by atoms with E-state index in [9.17, 15) is 4.79 Å². The maximum Gasteiger partial charge on any atom is 0.320 e. The van der Waals surface area contributed by atoms with E-state index in [1.54, 1.807) is 12.3 Å². The van der Waals surface area contributed by atoms with E-state index in [4.69, 9.17) is 11.5 Å². The van der Waals surface area contributed by atoms with Gasteiger partial charge in [-0.25, -0.2) is 4.79 Å². The number of rotatable bonds is 4. The lowest BCUT2D eigenvalue weighted by Gasteiger charge is -2.17. The van der Waals surface area contributed by atoms with Crippen molar-refractivity contribution in [2.45, 2.75) is 6.42 Å². The summed E-state index contributed by atoms with van der Waals surface area (Å²) in [7, 11) is 0. The zero-order valence-corrected chi connectivity index (χ0v) is 7.23. The maximum atomic E-state index is 11.0. The first kappa shape index (κ1) is 9.53. The summed E-state index contributed by atoms with van der Waals surface area (Å²) in [6, 6.07) is 1.18. The molecule has 0 radical (unpaired) electrons. The number of urea groups is 1. The predicted octanol–water partition coefficient (Wildman–Crippen LogP) is -0.356. The number of H-pyrrole nitrogens is 1. The van der Waals surface area contributed by atoms with Crippen molar-refractivity contribution in [3.63, 3.8) is 0 Å². The van der Waals surface area contributed by atoms with Crippen LogP contribution in [0.1, 0.15) is 6.42 Å². The summed E-state index contributed by atoms with van der Waals surface area (Å²) >= 11 is 0. The van der Waals surface area contributed by atoms with Gasteiger partial charge in [0.15, 0.2) is 0 Å². The predicted molar refractivity (Wildman–Crippen MR) is 49.2 cm³/mol. The smallest absolute Gasteiger partial charge is 0.320 e. The van der Waals surface area contributed by atoms with E-state index < -0.39 is 6.03 Å². The van der Waals surface area contributed by atoms with Crippen LogP contribution in [0.5, 0.6) is 0 Å². The molecule has 1 aromatic rings. The van der Waals surface area contributed by atoms with Crippen LogP contribution in [0.2, 0.25) is 0 Å². The van der Waals surface area contributed by atoms with Crippen LogP contribution in [0.25, 0.3) is 0 Å². The molecule has 2 amide bonds. The van der Waals surface area contributed by atoms with Gasteiger partial charge in [0.2, 0.25) is 0 Å². The summed E-state index contributed by atoms with van der Waals surface area (Å²) in [5.41, 5.74) is 10.5. The van der Waals surface area contributed by atoms with Gasteiger partial charge in [-0.2, -0.15) is 5.10 Å². The molecule has 6 nitrogen and oxygen atoms in total. The Hall–Kier alpha value is -1.56. The zero-order valence-electron chi connectivity index (χ0n) is 7.23. The van der Waals surface area contributed by atoms with Gasteiger partial charge in [-0.3, -0.25) is 10.00 Å². The number of nitrogens with zero attached hydrogens (tertiary/aromatic N) is 2. The molecule has 0 spiro atoms. The van der Waals surface area contributed by atoms with Gasteiger partial charge < -0.3 is 11.5 Å². The van der Waals surface area contributed by atoms with Crippen LogP contribution < -0.4 is 16.4 Å². The van der Waals surface area contributed by atoms with E-state index in [0.29, 0.717) is 25.3 Å². The van der Waals surface area contributed by atoms with E-state index in [1.165, 1.54) is 4.90 Å². The average molecular weight is 183 g/mol. The first-order valence-corrected chi connectivity index (χ1v) is 4.02. The van der Waals surface area contributed by atoms with Crippen molar-refractivity contribution >= 4 is 11.8 Å². The first-order chi connectivity index (χ1) is 6.25. The molecule has 1 rings (SSSR count). The largest absolute Gasteiger partial charge is 0.351 e. The van der Waals surface area contributed by atoms with Crippen LogP contribution in [0.15, 0.2) is 12.3 Å². The standard InChI is InChI=1S/C7H13N5O/c8-3-1-5-12(7(9)13)6-2-4-10-11-6/h2,4H,1,3,5,8H2,(H2,9,13)(H,10,11). The molecular formula is C7H13N5O. The molecule has 0 saturated carbocycles. The molecule has 0 bridgehead atoms. The molecule has 1 heterocycles. The van der Waals surface area contributed by atoms with Crippen LogP contribution in [0, 0.1) is 0 Å². The highest BCUT2D eigenvalue weighted by atomic mass is 16.2. The molecule has 5 N–H and O–H groups in total. The number of aromatic nitrogens is 2. The number of amides is 2. The summed E-state index contributed by atoms with van der Waals surface area (Å²) in [6.45, 7) is 1.03. The van der Waals surface area contributed by atoms with E-state index >= 15 is 0 Å². The minimum absolute atomic E-state index is 0.502. The van der Waals surface area contributed by atoms with Crippen molar-refractivity contribution in [3.05, 3.63) is 12.3 Å². The molecule has 0 aliphatic heterocycles. The number of anilines is 1. The highest BCUT2D eigenvalue weighted by molar-refractivity contribution is 5.89. The number of nitrogens with one attached hydrogen (secondary N) is 1. The van der Waals surface area contributed by atoms with Gasteiger partial charge in [0.05, 0.1) is 6.20 Å². The zero-order chi connectivity index (χ0) is 9.68. The van der Waals surface area contributed by atoms with E-state index in [0.717, 1.165) is 0 Å². The lowest BCUT2D eigenvalue weighted by Crippen LogP contribution is -2.37. The summed E-state index contributed by atoms with van der Waals surface area (Å²) in [5.74, 6) is 0.598. The van der Waals surface area contributed by atoms with Crippen molar-refractivity contribution in [1.82, 2.24) is 10.2 Å². The van der Waals surface area contributed by atoms with E-state index in [2.05, 4.69) is 10.2 Å². The lowest BCUT2D eigenvalue weighted by atomic mass is 10.4. The van der Waals surface area contributed by atoms with Gasteiger partial charge in [-0.15, -0.1) is 0 Å². The quantitative estimate of drug-likeness (QED) is 0.594. The van der Waals surface area contributed by atoms with Crippen LogP contribution in [-0.2, 0) is 0 Å². The van der Waals surface area contributed by atoms with Crippen molar-refractivity contribution in [2.75, 3.05) is 18.0 Å². The number of nitrogens with two attached hydrogens (primary N) is 2. The average Bonchev–Trinajstić information content (AvgIpc) is 2.57. The lowest BCUT2D eigenvalue weighted by molar-refractivity contribution is 0.253. The summed E-state index contributed by atoms with van der Waals surface area (Å²) in [6.07, 6.45) is 2.27. The summed E-state index contributed by atoms with van der Waals surface area (Å²) in [5, 5.41) is 6.39. The molecule has 72 valence electrons. The van der Waals surface area contributed by atoms with Gasteiger partial charge >= 0.3 is 6.03 Å². The third kappa shape index (κ3) is 2.45. The normalized spacial score (nSPS) is 9.92. The SMILES string of the molecule is NCCCN(C(N)=O)c1ccn[nH]1. The molecule has 13 heavy (non-hydrogen) atoms. The van der Waals surface area contributed by atoms with Crippen molar-refractivity contribution in [2.24, 2.45) is 11.5 Å². The first-order valence-electron chi connectivity index (χ1n) is 4.02. The third-order valence-corrected chi connectivity index (χ3v) is 1.63. The Kier molecular flexibility index (Phi) is 3.27. The Morgan fingerprint density at radius 3 is 2.92 bits per heavy atom. The van der Waals surface area contributed by atoms with Crippen LogP contribution in [0.3, 0.4) is 0 Å². The fourth-order valence-electron chi connectivity index (χ4n) is 0.998. The van der Waals surface area contributed by atoms with Crippen LogP contribution in [0.4, 0.5) is 10.6 Å². The van der Waals surface area contributed by atoms with Crippen LogP contribution >= 0.6 is 0 Å². The number of hydrogen-bond acceptors (Lipinski definition) is 3. The van der Waals surface area contributed by atoms with Gasteiger partial charge in [0.1, 0.15) is 5.82 Å². The fraction of sp³-hybridized carbons (Fsp3) is 0.429. The molecule has 0 unspecified atom stereocenters. The monoisotopic (exact) mass is 183 g/mol. The molecule has 0 aromatic carbocycles. The molecular weight excluding hydrogens is 170 g/mol. The fourth-order valence-corrected chi connectivity index (χ4v) is 0.998. The minimum Gasteiger partial charge on any atom is -0.351 e. The highest BCUT2D eigenvalue weighted by Gasteiger charge is 2.11. The van der Waals surface area contributed by atoms with Crippen molar-refractivity contribution in [3.8, 4) is 0 Å². The molecule has 0 fully saturated rings. The number of aromatic amines is 1. The second-order valence-corrected chi connectivity index (χ2v) is 2.57. The number of primary amides is 1. The topological polar surface area (TPSA) is 101 Å². The molecule has 0 aliphatic rings. The van der Waals surface area contributed by atoms with Crippen molar-refractivity contribution < 1.29 is 4.79 Å². The van der Waals surface area contributed by atoms with Crippen LogP contribution in [-0.4, -0.2) is 29.3 Å².